The SMILES string of the molecule is CCCN1C(=O)CCN1CC(C)(C)CO. The first-order valence-corrected chi connectivity index (χ1v) is 5.66. The molecule has 0 saturated carbocycles. The van der Waals surface area contributed by atoms with E-state index in [4.69, 9.17) is 0 Å². The molecule has 1 aliphatic heterocycles. The average Bonchev–Trinajstić information content (AvgIpc) is 2.50. The Morgan fingerprint density at radius 1 is 1.47 bits per heavy atom. The van der Waals surface area contributed by atoms with Crippen molar-refractivity contribution in [2.45, 2.75) is 33.6 Å². The van der Waals surface area contributed by atoms with Gasteiger partial charge in [-0.1, -0.05) is 20.8 Å². The molecule has 0 aliphatic carbocycles. The summed E-state index contributed by atoms with van der Waals surface area (Å²) in [6.45, 7) is 8.58. The van der Waals surface area contributed by atoms with Gasteiger partial charge in [0, 0.05) is 38.1 Å². The molecule has 0 aromatic heterocycles. The zero-order valence-corrected chi connectivity index (χ0v) is 9.99. The molecule has 0 radical (unpaired) electrons. The smallest absolute Gasteiger partial charge is 0.238 e. The van der Waals surface area contributed by atoms with E-state index in [1.165, 1.54) is 0 Å². The summed E-state index contributed by atoms with van der Waals surface area (Å²) in [5, 5.41) is 13.1. The lowest BCUT2D eigenvalue weighted by Crippen LogP contribution is -2.45. The Balaban J connectivity index is 2.57. The summed E-state index contributed by atoms with van der Waals surface area (Å²) in [5.41, 5.74) is -0.142. The Hall–Kier alpha value is -0.610. The number of carbonyl (C=O) groups is 1. The highest BCUT2D eigenvalue weighted by atomic mass is 16.3. The van der Waals surface area contributed by atoms with Crippen LogP contribution in [0.1, 0.15) is 33.6 Å². The van der Waals surface area contributed by atoms with E-state index in [2.05, 4.69) is 11.9 Å². The van der Waals surface area contributed by atoms with Gasteiger partial charge in [-0.05, 0) is 6.42 Å². The van der Waals surface area contributed by atoms with E-state index in [-0.39, 0.29) is 17.9 Å². The van der Waals surface area contributed by atoms with E-state index < -0.39 is 0 Å². The van der Waals surface area contributed by atoms with Gasteiger partial charge in [0.1, 0.15) is 0 Å². The van der Waals surface area contributed by atoms with Crippen LogP contribution in [0, 0.1) is 5.41 Å². The maximum absolute atomic E-state index is 11.6. The number of hydrogen-bond donors (Lipinski definition) is 1. The fourth-order valence-electron chi connectivity index (χ4n) is 1.82. The van der Waals surface area contributed by atoms with Gasteiger partial charge in [-0.2, -0.15) is 0 Å². The number of hydrogen-bond acceptors (Lipinski definition) is 3. The summed E-state index contributed by atoms with van der Waals surface area (Å²) in [5.74, 6) is 0.214. The lowest BCUT2D eigenvalue weighted by molar-refractivity contribution is -0.139. The van der Waals surface area contributed by atoms with Crippen molar-refractivity contribution in [2.24, 2.45) is 5.41 Å². The van der Waals surface area contributed by atoms with Crippen LogP contribution < -0.4 is 0 Å². The molecule has 0 aromatic carbocycles. The Labute approximate surface area is 91.8 Å². The minimum atomic E-state index is -0.142. The van der Waals surface area contributed by atoms with Crippen molar-refractivity contribution in [1.29, 1.82) is 0 Å². The second kappa shape index (κ2) is 4.94. The Morgan fingerprint density at radius 3 is 2.67 bits per heavy atom. The average molecular weight is 214 g/mol. The first kappa shape index (κ1) is 12.5. The Bertz CT molecular complexity index is 229. The highest BCUT2D eigenvalue weighted by Gasteiger charge is 2.32. The van der Waals surface area contributed by atoms with Gasteiger partial charge in [0.05, 0.1) is 0 Å². The fourth-order valence-corrected chi connectivity index (χ4v) is 1.82. The molecule has 0 spiro atoms. The summed E-state index contributed by atoms with van der Waals surface area (Å²) in [6.07, 6.45) is 1.59. The molecule has 0 unspecified atom stereocenters. The van der Waals surface area contributed by atoms with Crippen molar-refractivity contribution in [2.75, 3.05) is 26.2 Å². The molecule has 1 aliphatic rings. The summed E-state index contributed by atoms with van der Waals surface area (Å²) in [7, 11) is 0. The molecule has 0 bridgehead atoms. The van der Waals surface area contributed by atoms with Crippen LogP contribution in [-0.2, 0) is 4.79 Å². The predicted molar refractivity (Wildman–Crippen MR) is 59.1 cm³/mol. The highest BCUT2D eigenvalue weighted by Crippen LogP contribution is 2.21. The molecular formula is C11H22N2O2. The molecule has 88 valence electrons. The quantitative estimate of drug-likeness (QED) is 0.738. The zero-order valence-electron chi connectivity index (χ0n) is 9.99. The first-order valence-electron chi connectivity index (χ1n) is 5.66. The van der Waals surface area contributed by atoms with Crippen LogP contribution in [0.5, 0.6) is 0 Å². The standard InChI is InChI=1S/C11H22N2O2/c1-4-6-13-10(15)5-7-12(13)8-11(2,3)9-14/h14H,4-9H2,1-3H3. The van der Waals surface area contributed by atoms with Crippen LogP contribution in [0.15, 0.2) is 0 Å². The predicted octanol–water partition coefficient (Wildman–Crippen LogP) is 0.864. The second-order valence-corrected chi connectivity index (χ2v) is 4.98. The minimum absolute atomic E-state index is 0.142. The number of aliphatic hydroxyl groups excluding tert-OH is 1. The molecule has 4 heteroatoms. The normalized spacial score (nSPS) is 18.9. The van der Waals surface area contributed by atoms with Crippen LogP contribution in [0.4, 0.5) is 0 Å². The summed E-state index contributed by atoms with van der Waals surface area (Å²) in [4.78, 5) is 11.6. The third kappa shape index (κ3) is 3.18. The van der Waals surface area contributed by atoms with Crippen molar-refractivity contribution in [3.8, 4) is 0 Å². The van der Waals surface area contributed by atoms with Gasteiger partial charge in [0.15, 0.2) is 0 Å². The van der Waals surface area contributed by atoms with E-state index >= 15 is 0 Å². The van der Waals surface area contributed by atoms with Crippen molar-refractivity contribution >= 4 is 5.91 Å². The molecule has 0 atom stereocenters. The molecule has 1 saturated heterocycles. The van der Waals surface area contributed by atoms with Gasteiger partial charge in [-0.25, -0.2) is 5.01 Å². The number of amides is 1. The van der Waals surface area contributed by atoms with Gasteiger partial charge < -0.3 is 5.11 Å². The highest BCUT2D eigenvalue weighted by molar-refractivity contribution is 5.77. The molecule has 4 nitrogen and oxygen atoms in total. The molecule has 15 heavy (non-hydrogen) atoms. The lowest BCUT2D eigenvalue weighted by atomic mass is 9.95. The van der Waals surface area contributed by atoms with Gasteiger partial charge >= 0.3 is 0 Å². The van der Waals surface area contributed by atoms with Crippen LogP contribution in [0.25, 0.3) is 0 Å². The third-order valence-corrected chi connectivity index (χ3v) is 2.69. The summed E-state index contributed by atoms with van der Waals surface area (Å²) < 4.78 is 0. The van der Waals surface area contributed by atoms with Crippen LogP contribution in [-0.4, -0.2) is 47.3 Å². The van der Waals surface area contributed by atoms with E-state index in [9.17, 15) is 9.90 Å². The summed E-state index contributed by atoms with van der Waals surface area (Å²) >= 11 is 0. The number of nitrogens with zero attached hydrogens (tertiary/aromatic N) is 2. The molecule has 1 fully saturated rings. The van der Waals surface area contributed by atoms with Gasteiger partial charge in [-0.15, -0.1) is 0 Å². The van der Waals surface area contributed by atoms with E-state index in [1.54, 1.807) is 0 Å². The maximum atomic E-state index is 11.6. The van der Waals surface area contributed by atoms with Gasteiger partial charge in [0.25, 0.3) is 0 Å². The molecule has 1 rings (SSSR count). The Kier molecular flexibility index (Phi) is 4.11. The number of carbonyl (C=O) groups excluding carboxylic acids is 1. The van der Waals surface area contributed by atoms with Crippen molar-refractivity contribution in [3.63, 3.8) is 0 Å². The maximum Gasteiger partial charge on any atom is 0.238 e. The number of hydrazine groups is 1. The van der Waals surface area contributed by atoms with Gasteiger partial charge in [-0.3, -0.25) is 9.80 Å². The second-order valence-electron chi connectivity index (χ2n) is 4.98. The monoisotopic (exact) mass is 214 g/mol. The summed E-state index contributed by atoms with van der Waals surface area (Å²) in [6, 6.07) is 0. The topological polar surface area (TPSA) is 43.8 Å². The largest absolute Gasteiger partial charge is 0.396 e. The van der Waals surface area contributed by atoms with E-state index in [0.29, 0.717) is 6.42 Å². The molecule has 1 N–H and O–H groups in total. The van der Waals surface area contributed by atoms with E-state index in [1.807, 2.05) is 18.9 Å². The molecule has 0 aromatic rings. The Morgan fingerprint density at radius 2 is 2.13 bits per heavy atom. The molecule has 1 heterocycles. The van der Waals surface area contributed by atoms with E-state index in [0.717, 1.165) is 26.1 Å². The number of rotatable bonds is 5. The minimum Gasteiger partial charge on any atom is -0.396 e. The van der Waals surface area contributed by atoms with Crippen molar-refractivity contribution in [3.05, 3.63) is 0 Å². The number of aliphatic hydroxyl groups is 1. The fraction of sp³-hybridized carbons (Fsp3) is 0.909. The van der Waals surface area contributed by atoms with Crippen molar-refractivity contribution < 1.29 is 9.90 Å². The first-order chi connectivity index (χ1) is 7.00. The molecular weight excluding hydrogens is 192 g/mol. The van der Waals surface area contributed by atoms with Crippen LogP contribution >= 0.6 is 0 Å². The van der Waals surface area contributed by atoms with Crippen molar-refractivity contribution in [1.82, 2.24) is 10.0 Å². The zero-order chi connectivity index (χ0) is 11.5. The molecule has 1 amide bonds. The van der Waals surface area contributed by atoms with Gasteiger partial charge in [0.2, 0.25) is 5.91 Å². The van der Waals surface area contributed by atoms with Crippen LogP contribution in [0.2, 0.25) is 0 Å². The third-order valence-electron chi connectivity index (χ3n) is 2.69. The lowest BCUT2D eigenvalue weighted by Gasteiger charge is -2.34. The van der Waals surface area contributed by atoms with Crippen LogP contribution in [0.3, 0.4) is 0 Å².